The van der Waals surface area contributed by atoms with Crippen LogP contribution in [0.4, 0.5) is 0 Å². The van der Waals surface area contributed by atoms with Gasteiger partial charge in [0.1, 0.15) is 0 Å². The number of ether oxygens (including phenoxy) is 4. The number of hydrogen-bond donors (Lipinski definition) is 0. The Balaban J connectivity index is 0.000000238. The SMILES string of the molecule is CC(C)=CC1C(COC(=O)c2ccccc2Cl)C1(C)C.COc1ccc(C(=O)OCC2C(C=C(C)C)C2(C)C)cc1OC. The molecule has 0 aromatic heterocycles. The summed E-state index contributed by atoms with van der Waals surface area (Å²) in [4.78, 5) is 24.3. The van der Waals surface area contributed by atoms with Gasteiger partial charge in [0, 0.05) is 11.8 Å². The molecule has 6 nitrogen and oxygen atoms in total. The molecule has 43 heavy (non-hydrogen) atoms. The molecule has 4 rings (SSSR count). The minimum Gasteiger partial charge on any atom is -0.493 e. The largest absolute Gasteiger partial charge is 0.493 e. The fraction of sp³-hybridized carbons (Fsp3) is 0.500. The summed E-state index contributed by atoms with van der Waals surface area (Å²) in [5, 5.41) is 0.438. The molecule has 4 atom stereocenters. The molecule has 0 aliphatic heterocycles. The Morgan fingerprint density at radius 2 is 1.23 bits per heavy atom. The lowest BCUT2D eigenvalue weighted by Gasteiger charge is -2.10. The first kappa shape index (κ1) is 34.2. The summed E-state index contributed by atoms with van der Waals surface area (Å²) in [5.41, 5.74) is 3.92. The van der Waals surface area contributed by atoms with Gasteiger partial charge < -0.3 is 18.9 Å². The molecule has 0 saturated heterocycles. The normalized spacial score (nSPS) is 22.1. The first-order valence-electron chi connectivity index (χ1n) is 14.8. The number of rotatable bonds is 10. The summed E-state index contributed by atoms with van der Waals surface area (Å²) in [5.74, 6) is 2.19. The topological polar surface area (TPSA) is 71.1 Å². The Kier molecular flexibility index (Phi) is 11.2. The summed E-state index contributed by atoms with van der Waals surface area (Å²) in [6, 6.07) is 12.0. The van der Waals surface area contributed by atoms with Crippen molar-refractivity contribution in [3.8, 4) is 11.5 Å². The molecule has 2 aliphatic rings. The van der Waals surface area contributed by atoms with E-state index in [1.807, 2.05) is 0 Å². The van der Waals surface area contributed by atoms with E-state index >= 15 is 0 Å². The van der Waals surface area contributed by atoms with Crippen LogP contribution in [0.5, 0.6) is 11.5 Å². The molecule has 2 saturated carbocycles. The highest BCUT2D eigenvalue weighted by atomic mass is 35.5. The van der Waals surface area contributed by atoms with Crippen molar-refractivity contribution >= 4 is 23.5 Å². The van der Waals surface area contributed by atoms with Crippen molar-refractivity contribution in [2.45, 2.75) is 55.4 Å². The van der Waals surface area contributed by atoms with E-state index in [2.05, 4.69) is 67.5 Å². The number of allylic oxidation sites excluding steroid dienone is 4. The minimum atomic E-state index is -0.339. The van der Waals surface area contributed by atoms with E-state index in [9.17, 15) is 9.59 Å². The van der Waals surface area contributed by atoms with Crippen molar-refractivity contribution in [1.82, 2.24) is 0 Å². The molecular weight excluding hydrogens is 564 g/mol. The Morgan fingerprint density at radius 1 is 0.744 bits per heavy atom. The molecule has 2 aromatic rings. The molecule has 0 amide bonds. The van der Waals surface area contributed by atoms with Crippen molar-refractivity contribution in [2.24, 2.45) is 34.5 Å². The number of benzene rings is 2. The van der Waals surface area contributed by atoms with Crippen LogP contribution in [0.15, 0.2) is 65.8 Å². The quantitative estimate of drug-likeness (QED) is 0.198. The van der Waals surface area contributed by atoms with Gasteiger partial charge in [0.2, 0.25) is 0 Å². The molecule has 234 valence electrons. The maximum Gasteiger partial charge on any atom is 0.339 e. The van der Waals surface area contributed by atoms with Gasteiger partial charge in [0.15, 0.2) is 11.5 Å². The average Bonchev–Trinajstić information content (AvgIpc) is 3.68. The molecule has 7 heteroatoms. The summed E-state index contributed by atoms with van der Waals surface area (Å²) in [6.45, 7) is 18.1. The maximum absolute atomic E-state index is 12.3. The van der Waals surface area contributed by atoms with Crippen LogP contribution < -0.4 is 9.47 Å². The number of carbonyl (C=O) groups is 2. The molecule has 0 bridgehead atoms. The third-order valence-corrected chi connectivity index (χ3v) is 9.13. The highest BCUT2D eigenvalue weighted by Gasteiger charge is 2.57. The first-order valence-corrected chi connectivity index (χ1v) is 15.1. The highest BCUT2D eigenvalue weighted by Crippen LogP contribution is 2.60. The predicted molar refractivity (Wildman–Crippen MR) is 172 cm³/mol. The van der Waals surface area contributed by atoms with Crippen LogP contribution in [0.25, 0.3) is 0 Å². The van der Waals surface area contributed by atoms with Gasteiger partial charge in [-0.15, -0.1) is 0 Å². The van der Waals surface area contributed by atoms with E-state index in [1.54, 1.807) is 56.7 Å². The number of esters is 2. The zero-order valence-corrected chi connectivity index (χ0v) is 28.0. The van der Waals surface area contributed by atoms with E-state index < -0.39 is 0 Å². The van der Waals surface area contributed by atoms with E-state index in [0.29, 0.717) is 64.5 Å². The summed E-state index contributed by atoms with van der Waals surface area (Å²) in [6.07, 6.45) is 4.54. The summed E-state index contributed by atoms with van der Waals surface area (Å²) in [7, 11) is 3.11. The van der Waals surface area contributed by atoms with E-state index in [1.165, 1.54) is 11.1 Å². The average molecular weight is 611 g/mol. The van der Waals surface area contributed by atoms with Crippen molar-refractivity contribution in [3.05, 3.63) is 81.9 Å². The number of halogens is 1. The van der Waals surface area contributed by atoms with Crippen LogP contribution in [0, 0.1) is 34.5 Å². The minimum absolute atomic E-state index is 0.190. The highest BCUT2D eigenvalue weighted by molar-refractivity contribution is 6.33. The van der Waals surface area contributed by atoms with Crippen molar-refractivity contribution < 1.29 is 28.5 Å². The number of carbonyl (C=O) groups excluding carboxylic acids is 2. The second-order valence-corrected chi connectivity index (χ2v) is 13.5. The lowest BCUT2D eigenvalue weighted by molar-refractivity contribution is 0.0461. The Labute approximate surface area is 262 Å². The van der Waals surface area contributed by atoms with Crippen LogP contribution in [0.2, 0.25) is 5.02 Å². The van der Waals surface area contributed by atoms with Gasteiger partial charge in [-0.05, 0) is 80.7 Å². The van der Waals surface area contributed by atoms with Gasteiger partial charge in [-0.2, -0.15) is 0 Å². The predicted octanol–water partition coefficient (Wildman–Crippen LogP) is 8.83. The van der Waals surface area contributed by atoms with Gasteiger partial charge in [-0.25, -0.2) is 9.59 Å². The third-order valence-electron chi connectivity index (χ3n) is 8.81. The zero-order chi connectivity index (χ0) is 32.1. The molecule has 4 unspecified atom stereocenters. The van der Waals surface area contributed by atoms with Crippen LogP contribution >= 0.6 is 11.6 Å². The van der Waals surface area contributed by atoms with Crippen LogP contribution in [0.1, 0.15) is 76.1 Å². The monoisotopic (exact) mass is 610 g/mol. The molecule has 2 aromatic carbocycles. The first-order chi connectivity index (χ1) is 20.1. The van der Waals surface area contributed by atoms with Gasteiger partial charge in [-0.1, -0.05) is 74.7 Å². The Bertz CT molecular complexity index is 1360. The molecule has 0 spiro atoms. The van der Waals surface area contributed by atoms with Crippen LogP contribution in [-0.2, 0) is 9.47 Å². The molecule has 2 aliphatic carbocycles. The smallest absolute Gasteiger partial charge is 0.339 e. The molecule has 0 heterocycles. The van der Waals surface area contributed by atoms with E-state index in [-0.39, 0.29) is 22.8 Å². The van der Waals surface area contributed by atoms with E-state index in [0.717, 1.165) is 0 Å². The van der Waals surface area contributed by atoms with Gasteiger partial charge >= 0.3 is 11.9 Å². The van der Waals surface area contributed by atoms with Gasteiger partial charge in [-0.3, -0.25) is 0 Å². The second kappa shape index (κ2) is 14.0. The van der Waals surface area contributed by atoms with Gasteiger partial charge in [0.25, 0.3) is 0 Å². The third kappa shape index (κ3) is 8.44. The lowest BCUT2D eigenvalue weighted by atomic mass is 10.1. The maximum atomic E-state index is 12.3. The lowest BCUT2D eigenvalue weighted by Crippen LogP contribution is -2.10. The van der Waals surface area contributed by atoms with E-state index in [4.69, 9.17) is 30.5 Å². The van der Waals surface area contributed by atoms with Crippen molar-refractivity contribution in [1.29, 1.82) is 0 Å². The van der Waals surface area contributed by atoms with Crippen molar-refractivity contribution in [3.63, 3.8) is 0 Å². The molecule has 0 radical (unpaired) electrons. The molecule has 0 N–H and O–H groups in total. The second-order valence-electron chi connectivity index (χ2n) is 13.1. The van der Waals surface area contributed by atoms with Crippen LogP contribution in [-0.4, -0.2) is 39.4 Å². The Hall–Kier alpha value is -3.25. The van der Waals surface area contributed by atoms with Gasteiger partial charge in [0.05, 0.1) is 43.6 Å². The molecule has 2 fully saturated rings. The summed E-state index contributed by atoms with van der Waals surface area (Å²) >= 11 is 5.99. The van der Waals surface area contributed by atoms with Crippen molar-refractivity contribution in [2.75, 3.05) is 27.4 Å². The summed E-state index contributed by atoms with van der Waals surface area (Å²) < 4.78 is 21.3. The fourth-order valence-corrected chi connectivity index (χ4v) is 5.88. The zero-order valence-electron chi connectivity index (χ0n) is 27.2. The van der Waals surface area contributed by atoms with Crippen LogP contribution in [0.3, 0.4) is 0 Å². The standard InChI is InChI=1S/C19H26O4.C17H21ClO2/c1-12(2)9-14-15(19(14,3)4)11-23-18(20)13-7-8-16(21-5)17(10-13)22-6;1-11(2)9-13-14(17(13,3)4)10-20-16(19)12-7-5-6-8-15(12)18/h7-10,14-15H,11H2,1-6H3;5-9,13-14H,10H2,1-4H3. The number of methoxy groups -OCH3 is 2. The Morgan fingerprint density at radius 3 is 1.70 bits per heavy atom. The number of hydrogen-bond acceptors (Lipinski definition) is 6. The fourth-order valence-electron chi connectivity index (χ4n) is 5.67. The molecular formula is C36H47ClO6.